The lowest BCUT2D eigenvalue weighted by atomic mass is 9.55. The van der Waals surface area contributed by atoms with Crippen LogP contribution in [0.3, 0.4) is 0 Å². The standard InChI is InChI=1S/C80H59N/c1-77(2)66-37-17-21-41-70(66)79(71-42-22-18-38-67(71)77)64-35-15-12-32-59(64)61-48-46-53(50-74(61)79)81(76-45-25-14-34-63(76)58-31-11-10-30-57(58)56-29-9-8-28-55(56)52-26-6-5-7-27-52)54-47-49-62-60-33-13-16-36-65(60)80(75(62)51-54)72-43-23-19-39-68(72)78(3,4)69-40-20-24-44-73(69)80/h5-51H,1-4H3. The number of fused-ring (bicyclic) bond motifs is 18. The van der Waals surface area contributed by atoms with Gasteiger partial charge < -0.3 is 4.90 Å². The first-order valence-corrected chi connectivity index (χ1v) is 28.8. The Balaban J connectivity index is 1.000. The molecule has 0 atom stereocenters. The van der Waals surface area contributed by atoms with E-state index in [1.807, 2.05) is 0 Å². The Labute approximate surface area is 476 Å². The number of hydrogen-bond donors (Lipinski definition) is 0. The van der Waals surface area contributed by atoms with Crippen LogP contribution in [0, 0.1) is 0 Å². The molecule has 4 aliphatic carbocycles. The van der Waals surface area contributed by atoms with Gasteiger partial charge in [-0.3, -0.25) is 0 Å². The SMILES string of the molecule is CC1(C)c2ccccc2C2(c3ccccc3-c3ccc(N(c4ccc5c(c4)C4(c6ccccc6-5)c5ccccc5C(C)(C)c5ccccc54)c4ccccc4-c4ccccc4-c4ccccc4-c4ccccc4)cc32)c2ccccc21. The Bertz CT molecular complexity index is 4240. The molecule has 16 rings (SSSR count). The number of hydrogen-bond acceptors (Lipinski definition) is 1. The smallest absolute Gasteiger partial charge is 0.0720 e. The van der Waals surface area contributed by atoms with Crippen LogP contribution in [-0.2, 0) is 21.7 Å². The normalized spacial score (nSPS) is 15.3. The summed E-state index contributed by atoms with van der Waals surface area (Å²) in [6.07, 6.45) is 0. The topological polar surface area (TPSA) is 3.24 Å². The van der Waals surface area contributed by atoms with Gasteiger partial charge >= 0.3 is 0 Å². The van der Waals surface area contributed by atoms with E-state index < -0.39 is 10.8 Å². The maximum absolute atomic E-state index is 2.60. The van der Waals surface area contributed by atoms with Gasteiger partial charge in [-0.25, -0.2) is 0 Å². The van der Waals surface area contributed by atoms with Crippen LogP contribution in [0.25, 0.3) is 55.6 Å². The minimum absolute atomic E-state index is 0.214. The Morgan fingerprint density at radius 2 is 0.494 bits per heavy atom. The molecule has 1 heteroatoms. The van der Waals surface area contributed by atoms with Gasteiger partial charge in [0.1, 0.15) is 0 Å². The van der Waals surface area contributed by atoms with E-state index in [1.54, 1.807) is 0 Å². The highest BCUT2D eigenvalue weighted by Gasteiger charge is 2.55. The van der Waals surface area contributed by atoms with Crippen molar-refractivity contribution in [3.63, 3.8) is 0 Å². The Hall–Kier alpha value is -9.56. The zero-order valence-corrected chi connectivity index (χ0v) is 46.1. The van der Waals surface area contributed by atoms with E-state index in [-0.39, 0.29) is 10.8 Å². The maximum atomic E-state index is 2.60. The van der Waals surface area contributed by atoms with Gasteiger partial charge in [-0.2, -0.15) is 0 Å². The highest BCUT2D eigenvalue weighted by Crippen LogP contribution is 2.65. The Morgan fingerprint density at radius 1 is 0.210 bits per heavy atom. The second kappa shape index (κ2) is 17.5. The zero-order valence-electron chi connectivity index (χ0n) is 46.1. The Morgan fingerprint density at radius 3 is 0.914 bits per heavy atom. The lowest BCUT2D eigenvalue weighted by molar-refractivity contribution is 0.563. The highest BCUT2D eigenvalue weighted by molar-refractivity contribution is 5.99. The molecule has 0 saturated carbocycles. The van der Waals surface area contributed by atoms with E-state index >= 15 is 0 Å². The van der Waals surface area contributed by atoms with Gasteiger partial charge in [-0.05, 0) is 147 Å². The average molecular weight is 1030 g/mol. The molecule has 81 heavy (non-hydrogen) atoms. The molecule has 1 nitrogen and oxygen atoms in total. The number of nitrogens with zero attached hydrogens (tertiary/aromatic N) is 1. The van der Waals surface area contributed by atoms with Crippen LogP contribution < -0.4 is 4.90 Å². The molecule has 0 unspecified atom stereocenters. The third kappa shape index (κ3) is 6.38. The molecule has 0 aromatic heterocycles. The molecule has 0 aliphatic heterocycles. The van der Waals surface area contributed by atoms with Crippen molar-refractivity contribution >= 4 is 17.1 Å². The number of rotatable bonds is 6. The van der Waals surface area contributed by atoms with E-state index in [9.17, 15) is 0 Å². The fourth-order valence-electron chi connectivity index (χ4n) is 15.8. The fraction of sp³-hybridized carbons (Fsp3) is 0.100. The molecule has 384 valence electrons. The van der Waals surface area contributed by atoms with Crippen LogP contribution in [0.5, 0.6) is 0 Å². The van der Waals surface area contributed by atoms with Crippen LogP contribution in [-0.4, -0.2) is 0 Å². The maximum Gasteiger partial charge on any atom is 0.0720 e. The van der Waals surface area contributed by atoms with Gasteiger partial charge in [0.15, 0.2) is 0 Å². The van der Waals surface area contributed by atoms with Crippen LogP contribution in [0.4, 0.5) is 17.1 Å². The van der Waals surface area contributed by atoms with Gasteiger partial charge in [0.2, 0.25) is 0 Å². The van der Waals surface area contributed by atoms with Crippen LogP contribution in [0.1, 0.15) is 94.5 Å². The number of para-hydroxylation sites is 1. The summed E-state index contributed by atoms with van der Waals surface area (Å²) in [6, 6.07) is 108. The summed E-state index contributed by atoms with van der Waals surface area (Å²) in [5, 5.41) is 0. The van der Waals surface area contributed by atoms with Crippen molar-refractivity contribution in [3.05, 3.63) is 352 Å². The molecule has 0 amide bonds. The minimum Gasteiger partial charge on any atom is -0.310 e. The van der Waals surface area contributed by atoms with Crippen molar-refractivity contribution in [3.8, 4) is 55.6 Å². The molecule has 0 heterocycles. The predicted molar refractivity (Wildman–Crippen MR) is 336 cm³/mol. The first-order chi connectivity index (χ1) is 39.7. The molecule has 0 saturated heterocycles. The summed E-state index contributed by atoms with van der Waals surface area (Å²) < 4.78 is 0. The molecule has 12 aromatic carbocycles. The number of benzene rings is 12. The van der Waals surface area contributed by atoms with Crippen molar-refractivity contribution in [2.75, 3.05) is 4.90 Å². The summed E-state index contributed by atoms with van der Waals surface area (Å²) in [4.78, 5) is 2.60. The number of anilines is 3. The largest absolute Gasteiger partial charge is 0.310 e. The average Bonchev–Trinajstić information content (AvgIpc) is 3.66. The van der Waals surface area contributed by atoms with Gasteiger partial charge in [-0.1, -0.05) is 282 Å². The van der Waals surface area contributed by atoms with Gasteiger partial charge in [0.05, 0.1) is 16.5 Å². The summed E-state index contributed by atoms with van der Waals surface area (Å²) in [6.45, 7) is 9.64. The summed E-state index contributed by atoms with van der Waals surface area (Å²) in [5.74, 6) is 0. The van der Waals surface area contributed by atoms with E-state index in [2.05, 4.69) is 318 Å². The van der Waals surface area contributed by atoms with E-state index in [1.165, 1.54) is 117 Å². The van der Waals surface area contributed by atoms with Crippen molar-refractivity contribution in [1.82, 2.24) is 0 Å². The van der Waals surface area contributed by atoms with E-state index in [0.29, 0.717) is 0 Å². The lowest BCUT2D eigenvalue weighted by Gasteiger charge is -2.47. The van der Waals surface area contributed by atoms with Crippen molar-refractivity contribution in [1.29, 1.82) is 0 Å². The fourth-order valence-corrected chi connectivity index (χ4v) is 15.8. The zero-order chi connectivity index (χ0) is 54.2. The molecule has 12 aromatic rings. The van der Waals surface area contributed by atoms with E-state index in [4.69, 9.17) is 0 Å². The summed E-state index contributed by atoms with van der Waals surface area (Å²) >= 11 is 0. The first-order valence-electron chi connectivity index (χ1n) is 28.8. The molecule has 0 fully saturated rings. The van der Waals surface area contributed by atoms with Gasteiger partial charge in [0, 0.05) is 27.8 Å². The van der Waals surface area contributed by atoms with Gasteiger partial charge in [0.25, 0.3) is 0 Å². The quantitative estimate of drug-likeness (QED) is 0.160. The second-order valence-corrected chi connectivity index (χ2v) is 23.8. The Kier molecular flexibility index (Phi) is 10.2. The van der Waals surface area contributed by atoms with E-state index in [0.717, 1.165) is 22.6 Å². The summed E-state index contributed by atoms with van der Waals surface area (Å²) in [7, 11) is 0. The van der Waals surface area contributed by atoms with Crippen LogP contribution in [0.2, 0.25) is 0 Å². The van der Waals surface area contributed by atoms with Crippen LogP contribution >= 0.6 is 0 Å². The predicted octanol–water partition coefficient (Wildman–Crippen LogP) is 20.2. The molecule has 0 radical (unpaired) electrons. The molecular formula is C80H59N. The molecule has 0 bridgehead atoms. The lowest BCUT2D eigenvalue weighted by Crippen LogP contribution is -2.40. The molecule has 0 N–H and O–H groups in total. The second-order valence-electron chi connectivity index (χ2n) is 23.8. The molecular weight excluding hydrogens is 975 g/mol. The van der Waals surface area contributed by atoms with Crippen molar-refractivity contribution in [2.45, 2.75) is 49.4 Å². The first kappa shape index (κ1) is 47.4. The minimum atomic E-state index is -0.574. The van der Waals surface area contributed by atoms with Gasteiger partial charge in [-0.15, -0.1) is 0 Å². The third-order valence-corrected chi connectivity index (χ3v) is 19.3. The van der Waals surface area contributed by atoms with Crippen LogP contribution in [0.15, 0.2) is 285 Å². The van der Waals surface area contributed by atoms with Crippen molar-refractivity contribution < 1.29 is 0 Å². The molecule has 2 spiro atoms. The monoisotopic (exact) mass is 1030 g/mol. The highest BCUT2D eigenvalue weighted by atomic mass is 15.1. The summed E-state index contributed by atoms with van der Waals surface area (Å²) in [5.41, 5.74) is 30.1. The third-order valence-electron chi connectivity index (χ3n) is 19.3. The van der Waals surface area contributed by atoms with Crippen molar-refractivity contribution in [2.24, 2.45) is 0 Å². The molecule has 4 aliphatic rings.